The molecule has 0 aromatic heterocycles. The van der Waals surface area contributed by atoms with Crippen LogP contribution in [0.4, 0.5) is 0 Å². The van der Waals surface area contributed by atoms with Crippen LogP contribution in [0.5, 0.6) is 0 Å². The zero-order valence-corrected chi connectivity index (χ0v) is 8.54. The number of hydrogen-bond acceptors (Lipinski definition) is 0. The van der Waals surface area contributed by atoms with Gasteiger partial charge in [-0.1, -0.05) is 30.4 Å². The molecule has 0 heteroatoms. The van der Waals surface area contributed by atoms with E-state index in [2.05, 4.69) is 31.7 Å². The number of allylic oxidation sites excluding steroid dienone is 5. The van der Waals surface area contributed by atoms with Crippen LogP contribution in [0.15, 0.2) is 37.0 Å². The van der Waals surface area contributed by atoms with Gasteiger partial charge in [0.2, 0.25) is 0 Å². The lowest BCUT2D eigenvalue weighted by molar-refractivity contribution is 0.841. The molecule has 0 aromatic carbocycles. The average molecular weight is 177 g/mol. The second kappa shape index (κ2) is 11.2. The monoisotopic (exact) mass is 177 g/mol. The molecule has 13 heavy (non-hydrogen) atoms. The van der Waals surface area contributed by atoms with Crippen molar-refractivity contribution in [2.24, 2.45) is 0 Å². The van der Waals surface area contributed by atoms with E-state index in [1.54, 1.807) is 0 Å². The lowest BCUT2D eigenvalue weighted by Crippen LogP contribution is -1.71. The number of unbranched alkanes of at least 4 members (excludes halogenated alkanes) is 4. The van der Waals surface area contributed by atoms with Gasteiger partial charge < -0.3 is 0 Å². The van der Waals surface area contributed by atoms with E-state index in [1.165, 1.54) is 25.7 Å². The summed E-state index contributed by atoms with van der Waals surface area (Å²) >= 11 is 0. The molecule has 0 saturated heterocycles. The summed E-state index contributed by atoms with van der Waals surface area (Å²) in [6.45, 7) is 7.34. The Balaban J connectivity index is 3.07. The van der Waals surface area contributed by atoms with Crippen molar-refractivity contribution in [2.45, 2.75) is 38.5 Å². The van der Waals surface area contributed by atoms with Gasteiger partial charge in [0.25, 0.3) is 0 Å². The van der Waals surface area contributed by atoms with Crippen LogP contribution in [0.1, 0.15) is 38.5 Å². The normalized spacial score (nSPS) is 11.5. The molecule has 0 aliphatic carbocycles. The van der Waals surface area contributed by atoms with Crippen molar-refractivity contribution in [3.05, 3.63) is 43.9 Å². The van der Waals surface area contributed by atoms with Gasteiger partial charge >= 0.3 is 0 Å². The van der Waals surface area contributed by atoms with Crippen LogP contribution in [0.25, 0.3) is 0 Å². The van der Waals surface area contributed by atoms with Crippen molar-refractivity contribution in [3.63, 3.8) is 0 Å². The Morgan fingerprint density at radius 1 is 0.769 bits per heavy atom. The van der Waals surface area contributed by atoms with E-state index in [4.69, 9.17) is 0 Å². The highest BCUT2D eigenvalue weighted by Gasteiger charge is 1.81. The maximum atomic E-state index is 3.69. The predicted octanol–water partition coefficient (Wildman–Crippen LogP) is 4.46. The van der Waals surface area contributed by atoms with Crippen molar-refractivity contribution in [1.29, 1.82) is 0 Å². The van der Waals surface area contributed by atoms with E-state index < -0.39 is 0 Å². The highest BCUT2D eigenvalue weighted by molar-refractivity contribution is 4.86. The van der Waals surface area contributed by atoms with E-state index in [0.29, 0.717) is 0 Å². The third kappa shape index (κ3) is 11.2. The Morgan fingerprint density at radius 3 is 1.85 bits per heavy atom. The Labute approximate surface area is 83.0 Å². The van der Waals surface area contributed by atoms with Crippen LogP contribution >= 0.6 is 0 Å². The first-order valence-corrected chi connectivity index (χ1v) is 5.12. The van der Waals surface area contributed by atoms with E-state index in [1.807, 2.05) is 12.2 Å². The molecule has 0 aromatic rings. The van der Waals surface area contributed by atoms with Gasteiger partial charge in [-0.15, -0.1) is 6.58 Å². The fourth-order valence-corrected chi connectivity index (χ4v) is 1.09. The van der Waals surface area contributed by atoms with Crippen LogP contribution < -0.4 is 0 Å². The summed E-state index contributed by atoms with van der Waals surface area (Å²) in [4.78, 5) is 0. The molecule has 73 valence electrons. The van der Waals surface area contributed by atoms with Gasteiger partial charge in [0.15, 0.2) is 0 Å². The first-order chi connectivity index (χ1) is 6.41. The van der Waals surface area contributed by atoms with E-state index in [9.17, 15) is 0 Å². The second-order valence-corrected chi connectivity index (χ2v) is 3.09. The summed E-state index contributed by atoms with van der Waals surface area (Å²) in [5.74, 6) is 0. The molecule has 0 spiro atoms. The topological polar surface area (TPSA) is 0 Å². The van der Waals surface area contributed by atoms with Gasteiger partial charge in [0, 0.05) is 0 Å². The molecule has 0 unspecified atom stereocenters. The van der Waals surface area contributed by atoms with Crippen molar-refractivity contribution < 1.29 is 0 Å². The van der Waals surface area contributed by atoms with Crippen LogP contribution in [-0.2, 0) is 0 Å². The summed E-state index contributed by atoms with van der Waals surface area (Å²) in [5, 5.41) is 0. The minimum absolute atomic E-state index is 1.13. The van der Waals surface area contributed by atoms with Crippen molar-refractivity contribution >= 4 is 0 Å². The second-order valence-electron chi connectivity index (χ2n) is 3.09. The van der Waals surface area contributed by atoms with Gasteiger partial charge in [-0.25, -0.2) is 0 Å². The molecule has 0 rings (SSSR count). The van der Waals surface area contributed by atoms with Gasteiger partial charge in [-0.2, -0.15) is 0 Å². The zero-order valence-electron chi connectivity index (χ0n) is 8.54. The highest BCUT2D eigenvalue weighted by Crippen LogP contribution is 2.01. The smallest absolute Gasteiger partial charge is 0.0316 e. The summed E-state index contributed by atoms with van der Waals surface area (Å²) in [6, 6.07) is 0. The quantitative estimate of drug-likeness (QED) is 0.379. The third-order valence-corrected chi connectivity index (χ3v) is 1.85. The fraction of sp³-hybridized carbons (Fsp3) is 0.462. The molecule has 1 radical (unpaired) electrons. The molecule has 0 N–H and O–H groups in total. The SMILES string of the molecule is [CH2]C=CCCCC=CCCCC=C. The largest absolute Gasteiger partial charge is 0.103 e. The van der Waals surface area contributed by atoms with E-state index in [-0.39, 0.29) is 0 Å². The maximum absolute atomic E-state index is 3.69. The van der Waals surface area contributed by atoms with Crippen molar-refractivity contribution in [3.8, 4) is 0 Å². The van der Waals surface area contributed by atoms with E-state index in [0.717, 1.165) is 12.8 Å². The molecule has 0 atom stereocenters. The van der Waals surface area contributed by atoms with Gasteiger partial charge in [-0.3, -0.25) is 0 Å². The Bertz CT molecular complexity index is 151. The molecule has 0 aliphatic heterocycles. The van der Waals surface area contributed by atoms with Gasteiger partial charge in [-0.05, 0) is 45.4 Å². The standard InChI is InChI=1S/C13H21/c1-3-5-7-9-11-13-12-10-8-6-4-2/h3-5,12-13H,1-2,6-11H2. The first-order valence-electron chi connectivity index (χ1n) is 5.12. The molecule has 0 saturated carbocycles. The maximum Gasteiger partial charge on any atom is -0.0316 e. The van der Waals surface area contributed by atoms with Crippen LogP contribution in [0, 0.1) is 6.92 Å². The van der Waals surface area contributed by atoms with Crippen molar-refractivity contribution in [2.75, 3.05) is 0 Å². The molecule has 0 heterocycles. The van der Waals surface area contributed by atoms with Crippen LogP contribution in [0.2, 0.25) is 0 Å². The lowest BCUT2D eigenvalue weighted by atomic mass is 10.2. The number of rotatable bonds is 8. The minimum atomic E-state index is 1.13. The summed E-state index contributed by atoms with van der Waals surface area (Å²) in [5.41, 5.74) is 0. The average Bonchev–Trinajstić information content (AvgIpc) is 2.16. The lowest BCUT2D eigenvalue weighted by Gasteiger charge is -1.91. The predicted molar refractivity (Wildman–Crippen MR) is 61.5 cm³/mol. The highest BCUT2D eigenvalue weighted by atomic mass is 13.9. The molecule has 0 fully saturated rings. The minimum Gasteiger partial charge on any atom is -0.103 e. The molecule has 0 aliphatic rings. The van der Waals surface area contributed by atoms with E-state index >= 15 is 0 Å². The Kier molecular flexibility index (Phi) is 10.5. The van der Waals surface area contributed by atoms with Crippen LogP contribution in [-0.4, -0.2) is 0 Å². The summed E-state index contributed by atoms with van der Waals surface area (Å²) in [7, 11) is 0. The van der Waals surface area contributed by atoms with Crippen molar-refractivity contribution in [1.82, 2.24) is 0 Å². The number of hydrogen-bond donors (Lipinski definition) is 0. The zero-order chi connectivity index (χ0) is 9.78. The molecule has 0 amide bonds. The summed E-state index contributed by atoms with van der Waals surface area (Å²) in [6.07, 6.45) is 17.7. The molecular formula is C13H21. The Hall–Kier alpha value is -0.780. The van der Waals surface area contributed by atoms with Gasteiger partial charge in [0.05, 0.1) is 0 Å². The summed E-state index contributed by atoms with van der Waals surface area (Å²) < 4.78 is 0. The Morgan fingerprint density at radius 2 is 1.31 bits per heavy atom. The first kappa shape index (κ1) is 12.2. The molecular weight excluding hydrogens is 156 g/mol. The molecule has 0 bridgehead atoms. The third-order valence-electron chi connectivity index (χ3n) is 1.85. The fourth-order valence-electron chi connectivity index (χ4n) is 1.09. The molecule has 0 nitrogen and oxygen atoms in total. The van der Waals surface area contributed by atoms with Crippen LogP contribution in [0.3, 0.4) is 0 Å². The van der Waals surface area contributed by atoms with Gasteiger partial charge in [0.1, 0.15) is 0 Å².